The van der Waals surface area contributed by atoms with E-state index in [1.165, 1.54) is 13.2 Å². The van der Waals surface area contributed by atoms with Gasteiger partial charge < -0.3 is 15.4 Å². The normalized spacial score (nSPS) is 10.3. The third kappa shape index (κ3) is 6.02. The van der Waals surface area contributed by atoms with E-state index < -0.39 is 5.82 Å². The lowest BCUT2D eigenvalue weighted by atomic mass is 10.1. The van der Waals surface area contributed by atoms with Crippen molar-refractivity contribution in [3.05, 3.63) is 29.6 Å². The molecule has 0 heterocycles. The molecule has 0 fully saturated rings. The number of hydrogen-bond acceptors (Lipinski definition) is 3. The molecule has 1 amide bonds. The molecule has 2 N–H and O–H groups in total. The molecule has 0 spiro atoms. The zero-order valence-electron chi connectivity index (χ0n) is 12.2. The summed E-state index contributed by atoms with van der Waals surface area (Å²) in [5.41, 5.74) is 0.794. The predicted molar refractivity (Wildman–Crippen MR) is 77.4 cm³/mol. The van der Waals surface area contributed by atoms with Crippen LogP contribution >= 0.6 is 0 Å². The summed E-state index contributed by atoms with van der Waals surface area (Å²) in [6, 6.07) is 4.77. The SMILES string of the molecule is CCCNCCNC(=O)CCc1ccc(OC)c(F)c1. The second-order valence-electron chi connectivity index (χ2n) is 4.57. The number of carbonyl (C=O) groups is 1. The third-order valence-corrected chi connectivity index (χ3v) is 2.91. The van der Waals surface area contributed by atoms with Crippen LogP contribution in [-0.2, 0) is 11.2 Å². The van der Waals surface area contributed by atoms with Gasteiger partial charge in [0, 0.05) is 19.5 Å². The van der Waals surface area contributed by atoms with Crippen LogP contribution in [0.2, 0.25) is 0 Å². The first kappa shape index (κ1) is 16.4. The van der Waals surface area contributed by atoms with E-state index in [0.717, 1.165) is 25.1 Å². The van der Waals surface area contributed by atoms with Crippen LogP contribution in [0.5, 0.6) is 5.75 Å². The first-order chi connectivity index (χ1) is 9.67. The number of carbonyl (C=O) groups excluding carboxylic acids is 1. The van der Waals surface area contributed by atoms with Gasteiger partial charge in [0.1, 0.15) is 0 Å². The lowest BCUT2D eigenvalue weighted by Crippen LogP contribution is -2.32. The van der Waals surface area contributed by atoms with E-state index in [2.05, 4.69) is 17.6 Å². The molecule has 0 aromatic heterocycles. The van der Waals surface area contributed by atoms with E-state index in [4.69, 9.17) is 4.74 Å². The molecule has 20 heavy (non-hydrogen) atoms. The first-order valence-electron chi connectivity index (χ1n) is 6.97. The van der Waals surface area contributed by atoms with Crippen LogP contribution in [0.15, 0.2) is 18.2 Å². The summed E-state index contributed by atoms with van der Waals surface area (Å²) in [7, 11) is 1.43. The van der Waals surface area contributed by atoms with E-state index in [0.29, 0.717) is 19.4 Å². The Balaban J connectivity index is 2.25. The fourth-order valence-corrected chi connectivity index (χ4v) is 1.80. The first-order valence-corrected chi connectivity index (χ1v) is 6.97. The largest absolute Gasteiger partial charge is 0.494 e. The summed E-state index contributed by atoms with van der Waals surface area (Å²) in [5.74, 6) is -0.186. The summed E-state index contributed by atoms with van der Waals surface area (Å²) in [6.07, 6.45) is 1.96. The van der Waals surface area contributed by atoms with Crippen molar-refractivity contribution >= 4 is 5.91 Å². The number of rotatable bonds is 9. The number of aryl methyl sites for hydroxylation is 1. The maximum absolute atomic E-state index is 13.5. The molecular formula is C15H23FN2O2. The minimum absolute atomic E-state index is 0.0143. The molecule has 0 saturated heterocycles. The summed E-state index contributed by atoms with van der Waals surface area (Å²) in [5, 5.41) is 6.04. The number of nitrogens with one attached hydrogen (secondary N) is 2. The van der Waals surface area contributed by atoms with Crippen molar-refractivity contribution in [3.63, 3.8) is 0 Å². The summed E-state index contributed by atoms with van der Waals surface area (Å²) in [6.45, 7) is 4.45. The van der Waals surface area contributed by atoms with Gasteiger partial charge in [-0.1, -0.05) is 13.0 Å². The zero-order valence-corrected chi connectivity index (χ0v) is 12.2. The predicted octanol–water partition coefficient (Wildman–Crippen LogP) is 1.88. The molecule has 0 aliphatic carbocycles. The molecule has 0 aliphatic rings. The molecule has 4 nitrogen and oxygen atoms in total. The van der Waals surface area contributed by atoms with E-state index in [9.17, 15) is 9.18 Å². The van der Waals surface area contributed by atoms with Crippen molar-refractivity contribution in [2.75, 3.05) is 26.7 Å². The van der Waals surface area contributed by atoms with Gasteiger partial charge in [-0.25, -0.2) is 4.39 Å². The molecule has 5 heteroatoms. The maximum Gasteiger partial charge on any atom is 0.220 e. The average molecular weight is 282 g/mol. The van der Waals surface area contributed by atoms with Crippen LogP contribution < -0.4 is 15.4 Å². The maximum atomic E-state index is 13.5. The van der Waals surface area contributed by atoms with Crippen molar-refractivity contribution in [2.45, 2.75) is 26.2 Å². The lowest BCUT2D eigenvalue weighted by Gasteiger charge is -2.07. The van der Waals surface area contributed by atoms with Gasteiger partial charge in [0.2, 0.25) is 5.91 Å². The molecule has 0 atom stereocenters. The van der Waals surface area contributed by atoms with Gasteiger partial charge in [-0.2, -0.15) is 0 Å². The van der Waals surface area contributed by atoms with Crippen LogP contribution in [0, 0.1) is 5.82 Å². The molecular weight excluding hydrogens is 259 g/mol. The van der Waals surface area contributed by atoms with Crippen molar-refractivity contribution in [2.24, 2.45) is 0 Å². The molecule has 1 rings (SSSR count). The fourth-order valence-electron chi connectivity index (χ4n) is 1.80. The van der Waals surface area contributed by atoms with E-state index in [-0.39, 0.29) is 11.7 Å². The zero-order chi connectivity index (χ0) is 14.8. The molecule has 112 valence electrons. The van der Waals surface area contributed by atoms with Gasteiger partial charge in [0.05, 0.1) is 7.11 Å². The van der Waals surface area contributed by atoms with E-state index >= 15 is 0 Å². The van der Waals surface area contributed by atoms with Crippen molar-refractivity contribution in [1.29, 1.82) is 0 Å². The van der Waals surface area contributed by atoms with E-state index in [1.807, 2.05) is 0 Å². The minimum Gasteiger partial charge on any atom is -0.494 e. The van der Waals surface area contributed by atoms with Crippen LogP contribution in [-0.4, -0.2) is 32.7 Å². The standard InChI is InChI=1S/C15H23FN2O2/c1-3-8-17-9-10-18-15(19)7-5-12-4-6-14(20-2)13(16)11-12/h4,6,11,17H,3,5,7-10H2,1-2H3,(H,18,19). The summed E-state index contributed by atoms with van der Waals surface area (Å²) in [4.78, 5) is 11.6. The highest BCUT2D eigenvalue weighted by Gasteiger charge is 2.06. The topological polar surface area (TPSA) is 50.4 Å². The molecule has 0 bridgehead atoms. The molecule has 0 radical (unpaired) electrons. The number of ether oxygens (including phenoxy) is 1. The molecule has 1 aromatic carbocycles. The van der Waals surface area contributed by atoms with Crippen LogP contribution in [0.3, 0.4) is 0 Å². The molecule has 0 saturated carbocycles. The van der Waals surface area contributed by atoms with Gasteiger partial charge in [-0.05, 0) is 37.1 Å². The second kappa shape index (κ2) is 9.31. The van der Waals surface area contributed by atoms with Crippen molar-refractivity contribution < 1.29 is 13.9 Å². The van der Waals surface area contributed by atoms with Crippen LogP contribution in [0.25, 0.3) is 0 Å². The highest BCUT2D eigenvalue weighted by atomic mass is 19.1. The highest BCUT2D eigenvalue weighted by molar-refractivity contribution is 5.76. The smallest absolute Gasteiger partial charge is 0.220 e. The van der Waals surface area contributed by atoms with Gasteiger partial charge >= 0.3 is 0 Å². The van der Waals surface area contributed by atoms with Gasteiger partial charge in [-0.3, -0.25) is 4.79 Å². The minimum atomic E-state index is -0.394. The van der Waals surface area contributed by atoms with Gasteiger partial charge in [0.15, 0.2) is 11.6 Å². The van der Waals surface area contributed by atoms with Crippen molar-refractivity contribution in [3.8, 4) is 5.75 Å². The van der Waals surface area contributed by atoms with Crippen LogP contribution in [0.4, 0.5) is 4.39 Å². The summed E-state index contributed by atoms with van der Waals surface area (Å²) >= 11 is 0. The average Bonchev–Trinajstić information content (AvgIpc) is 2.45. The van der Waals surface area contributed by atoms with Gasteiger partial charge in [-0.15, -0.1) is 0 Å². The van der Waals surface area contributed by atoms with Crippen LogP contribution in [0.1, 0.15) is 25.3 Å². The van der Waals surface area contributed by atoms with Gasteiger partial charge in [0.25, 0.3) is 0 Å². The highest BCUT2D eigenvalue weighted by Crippen LogP contribution is 2.18. The Kier molecular flexibility index (Phi) is 7.65. The fraction of sp³-hybridized carbons (Fsp3) is 0.533. The Morgan fingerprint density at radius 3 is 2.75 bits per heavy atom. The molecule has 1 aromatic rings. The summed E-state index contributed by atoms with van der Waals surface area (Å²) < 4.78 is 18.3. The molecule has 0 aliphatic heterocycles. The quantitative estimate of drug-likeness (QED) is 0.680. The Labute approximate surface area is 119 Å². The Morgan fingerprint density at radius 1 is 1.30 bits per heavy atom. The number of hydrogen-bond donors (Lipinski definition) is 2. The Hall–Kier alpha value is -1.62. The third-order valence-electron chi connectivity index (χ3n) is 2.91. The number of benzene rings is 1. The monoisotopic (exact) mass is 282 g/mol. The number of methoxy groups -OCH3 is 1. The van der Waals surface area contributed by atoms with Crippen molar-refractivity contribution in [1.82, 2.24) is 10.6 Å². The Bertz CT molecular complexity index is 424. The number of amides is 1. The number of halogens is 1. The second-order valence-corrected chi connectivity index (χ2v) is 4.57. The Morgan fingerprint density at radius 2 is 2.10 bits per heavy atom. The molecule has 0 unspecified atom stereocenters. The lowest BCUT2D eigenvalue weighted by molar-refractivity contribution is -0.121. The van der Waals surface area contributed by atoms with E-state index in [1.54, 1.807) is 12.1 Å².